The van der Waals surface area contributed by atoms with Gasteiger partial charge in [-0.3, -0.25) is 14.9 Å². The number of nitrogens with one attached hydrogen (secondary N) is 1. The van der Waals surface area contributed by atoms with Crippen LogP contribution in [-0.2, 0) is 0 Å². The number of amides is 1. The number of hydrogen-bond donors (Lipinski definition) is 1. The van der Waals surface area contributed by atoms with E-state index in [-0.39, 0.29) is 5.56 Å². The molecule has 0 atom stereocenters. The molecule has 0 aliphatic carbocycles. The van der Waals surface area contributed by atoms with Crippen molar-refractivity contribution in [3.63, 3.8) is 0 Å². The van der Waals surface area contributed by atoms with Crippen LogP contribution in [0.4, 0.5) is 15.8 Å². The normalized spacial score (nSPS) is 10.2. The van der Waals surface area contributed by atoms with E-state index in [2.05, 4.69) is 5.32 Å². The summed E-state index contributed by atoms with van der Waals surface area (Å²) in [6.45, 7) is 0. The third-order valence-corrected chi connectivity index (χ3v) is 3.49. The Morgan fingerprint density at radius 3 is 2.48 bits per heavy atom. The van der Waals surface area contributed by atoms with Crippen LogP contribution in [0.15, 0.2) is 47.4 Å². The first-order valence-electron chi connectivity index (χ1n) is 5.90. The number of nitro benzene ring substituents is 1. The number of carbonyl (C=O) groups excluding carboxylic acids is 1. The molecule has 0 aliphatic heterocycles. The molecule has 7 heteroatoms. The summed E-state index contributed by atoms with van der Waals surface area (Å²) in [4.78, 5) is 23.2. The number of benzene rings is 2. The second-order valence-corrected chi connectivity index (χ2v) is 4.98. The van der Waals surface area contributed by atoms with Gasteiger partial charge < -0.3 is 5.32 Å². The van der Waals surface area contributed by atoms with Gasteiger partial charge in [0.15, 0.2) is 0 Å². The molecule has 0 spiro atoms. The van der Waals surface area contributed by atoms with E-state index in [0.717, 1.165) is 23.1 Å². The van der Waals surface area contributed by atoms with Crippen molar-refractivity contribution >= 4 is 29.0 Å². The van der Waals surface area contributed by atoms with Crippen LogP contribution in [0.5, 0.6) is 0 Å². The van der Waals surface area contributed by atoms with Gasteiger partial charge in [0.05, 0.1) is 4.92 Å². The van der Waals surface area contributed by atoms with E-state index in [9.17, 15) is 19.3 Å². The molecule has 108 valence electrons. The van der Waals surface area contributed by atoms with Gasteiger partial charge in [0.1, 0.15) is 11.4 Å². The second kappa shape index (κ2) is 6.36. The number of carbonyl (C=O) groups is 1. The molecule has 0 fully saturated rings. The fourth-order valence-electron chi connectivity index (χ4n) is 1.72. The standard InChI is InChI=1S/C14H11FN2O3S/c1-21-11-5-3-10(4-6-11)16-14(18)12-8-9(15)2-7-13(12)17(19)20/h2-8H,1H3,(H,16,18). The van der Waals surface area contributed by atoms with Gasteiger partial charge in [-0.2, -0.15) is 0 Å². The lowest BCUT2D eigenvalue weighted by molar-refractivity contribution is -0.385. The molecule has 0 radical (unpaired) electrons. The van der Waals surface area contributed by atoms with Crippen LogP contribution in [0, 0.1) is 15.9 Å². The molecular weight excluding hydrogens is 295 g/mol. The van der Waals surface area contributed by atoms with Crippen molar-refractivity contribution in [1.82, 2.24) is 0 Å². The van der Waals surface area contributed by atoms with E-state index in [1.165, 1.54) is 0 Å². The first-order chi connectivity index (χ1) is 10.0. The minimum atomic E-state index is -0.724. The Labute approximate surface area is 124 Å². The Morgan fingerprint density at radius 1 is 1.24 bits per heavy atom. The summed E-state index contributed by atoms with van der Waals surface area (Å²) in [7, 11) is 0. The maximum atomic E-state index is 13.2. The molecule has 0 aliphatic rings. The molecule has 0 saturated heterocycles. The van der Waals surface area contributed by atoms with Crippen LogP contribution >= 0.6 is 11.8 Å². The summed E-state index contributed by atoms with van der Waals surface area (Å²) in [5, 5.41) is 13.4. The number of thioether (sulfide) groups is 1. The summed E-state index contributed by atoms with van der Waals surface area (Å²) in [6.07, 6.45) is 1.92. The van der Waals surface area contributed by atoms with Crippen molar-refractivity contribution in [1.29, 1.82) is 0 Å². The SMILES string of the molecule is CSc1ccc(NC(=O)c2cc(F)ccc2[N+](=O)[O-])cc1. The van der Waals surface area contributed by atoms with Crippen molar-refractivity contribution in [2.45, 2.75) is 4.90 Å². The van der Waals surface area contributed by atoms with Gasteiger partial charge in [0.25, 0.3) is 11.6 Å². The number of nitro groups is 1. The summed E-state index contributed by atoms with van der Waals surface area (Å²) >= 11 is 1.55. The van der Waals surface area contributed by atoms with Crippen molar-refractivity contribution in [3.8, 4) is 0 Å². The molecular formula is C14H11FN2O3S. The van der Waals surface area contributed by atoms with Crippen molar-refractivity contribution in [2.75, 3.05) is 11.6 Å². The van der Waals surface area contributed by atoms with Crippen LogP contribution < -0.4 is 5.32 Å². The zero-order valence-corrected chi connectivity index (χ0v) is 11.8. The minimum absolute atomic E-state index is 0.311. The van der Waals surface area contributed by atoms with E-state index in [1.54, 1.807) is 36.0 Å². The summed E-state index contributed by atoms with van der Waals surface area (Å²) in [5.74, 6) is -1.43. The molecule has 0 unspecified atom stereocenters. The van der Waals surface area contributed by atoms with E-state index in [4.69, 9.17) is 0 Å². The molecule has 2 aromatic carbocycles. The average Bonchev–Trinajstić information content (AvgIpc) is 2.47. The molecule has 2 aromatic rings. The summed E-state index contributed by atoms with van der Waals surface area (Å²) in [6, 6.07) is 9.73. The highest BCUT2D eigenvalue weighted by atomic mass is 32.2. The lowest BCUT2D eigenvalue weighted by atomic mass is 10.1. The largest absolute Gasteiger partial charge is 0.322 e. The number of rotatable bonds is 4. The van der Waals surface area contributed by atoms with E-state index in [1.807, 2.05) is 6.26 Å². The van der Waals surface area contributed by atoms with Gasteiger partial charge in [-0.05, 0) is 42.7 Å². The van der Waals surface area contributed by atoms with E-state index in [0.29, 0.717) is 5.69 Å². The fourth-order valence-corrected chi connectivity index (χ4v) is 2.13. The Morgan fingerprint density at radius 2 is 1.90 bits per heavy atom. The Hall–Kier alpha value is -2.41. The molecule has 21 heavy (non-hydrogen) atoms. The molecule has 0 bridgehead atoms. The number of nitrogens with zero attached hydrogens (tertiary/aromatic N) is 1. The topological polar surface area (TPSA) is 72.2 Å². The van der Waals surface area contributed by atoms with Gasteiger partial charge in [-0.15, -0.1) is 11.8 Å². The predicted octanol–water partition coefficient (Wildman–Crippen LogP) is 3.71. The van der Waals surface area contributed by atoms with Crippen molar-refractivity contribution in [2.24, 2.45) is 0 Å². The Kier molecular flexibility index (Phi) is 4.54. The Bertz CT molecular complexity index is 689. The lowest BCUT2D eigenvalue weighted by Crippen LogP contribution is -2.14. The van der Waals surface area contributed by atoms with Gasteiger partial charge in [0, 0.05) is 16.6 Å². The van der Waals surface area contributed by atoms with Crippen LogP contribution in [0.25, 0.3) is 0 Å². The van der Waals surface area contributed by atoms with Crippen molar-refractivity contribution < 1.29 is 14.1 Å². The zero-order valence-electron chi connectivity index (χ0n) is 11.0. The molecule has 1 N–H and O–H groups in total. The van der Waals surface area contributed by atoms with Crippen molar-refractivity contribution in [3.05, 3.63) is 64.0 Å². The van der Waals surface area contributed by atoms with E-state index < -0.39 is 22.3 Å². The van der Waals surface area contributed by atoms with Gasteiger partial charge in [-0.1, -0.05) is 0 Å². The Balaban J connectivity index is 2.27. The van der Waals surface area contributed by atoms with Gasteiger partial charge in [-0.25, -0.2) is 4.39 Å². The van der Waals surface area contributed by atoms with Crippen LogP contribution in [-0.4, -0.2) is 17.1 Å². The highest BCUT2D eigenvalue weighted by molar-refractivity contribution is 7.98. The van der Waals surface area contributed by atoms with E-state index >= 15 is 0 Å². The third-order valence-electron chi connectivity index (χ3n) is 2.75. The maximum absolute atomic E-state index is 13.2. The molecule has 0 heterocycles. The number of anilines is 1. The molecule has 2 rings (SSSR count). The van der Waals surface area contributed by atoms with Crippen LogP contribution in [0.1, 0.15) is 10.4 Å². The molecule has 0 aromatic heterocycles. The predicted molar refractivity (Wildman–Crippen MR) is 79.2 cm³/mol. The van der Waals surface area contributed by atoms with Gasteiger partial charge >= 0.3 is 0 Å². The monoisotopic (exact) mass is 306 g/mol. The first kappa shape index (κ1) is 15.0. The van der Waals surface area contributed by atoms with Crippen LogP contribution in [0.3, 0.4) is 0 Å². The van der Waals surface area contributed by atoms with Crippen LogP contribution in [0.2, 0.25) is 0 Å². The highest BCUT2D eigenvalue weighted by Crippen LogP contribution is 2.22. The summed E-state index contributed by atoms with van der Waals surface area (Å²) < 4.78 is 13.2. The third kappa shape index (κ3) is 3.57. The lowest BCUT2D eigenvalue weighted by Gasteiger charge is -2.06. The first-order valence-corrected chi connectivity index (χ1v) is 7.13. The fraction of sp³-hybridized carbons (Fsp3) is 0.0714. The molecule has 1 amide bonds. The number of hydrogen-bond acceptors (Lipinski definition) is 4. The summed E-state index contributed by atoms with van der Waals surface area (Å²) in [5.41, 5.74) is -0.264. The molecule has 5 nitrogen and oxygen atoms in total. The smallest absolute Gasteiger partial charge is 0.282 e. The second-order valence-electron chi connectivity index (χ2n) is 4.10. The van der Waals surface area contributed by atoms with Gasteiger partial charge in [0.2, 0.25) is 0 Å². The quantitative estimate of drug-likeness (QED) is 0.531. The minimum Gasteiger partial charge on any atom is -0.322 e. The highest BCUT2D eigenvalue weighted by Gasteiger charge is 2.20. The number of halogens is 1. The zero-order chi connectivity index (χ0) is 15.4. The average molecular weight is 306 g/mol. The molecule has 0 saturated carbocycles. The maximum Gasteiger partial charge on any atom is 0.282 e.